The van der Waals surface area contributed by atoms with Gasteiger partial charge in [-0.05, 0) is 18.6 Å². The number of rotatable bonds is 3. The molecule has 0 bridgehead atoms. The molecule has 1 aromatic carbocycles. The zero-order valence-corrected chi connectivity index (χ0v) is 6.01. The Morgan fingerprint density at radius 3 is 2.50 bits per heavy atom. The summed E-state index contributed by atoms with van der Waals surface area (Å²) in [5.74, 6) is 0. The average molecular weight is 134 g/mol. The van der Waals surface area contributed by atoms with E-state index in [1.54, 1.807) is 0 Å². The Balaban J connectivity index is 2.43. The maximum atomic E-state index is 3.74. The summed E-state index contributed by atoms with van der Waals surface area (Å²) in [7, 11) is 0. The summed E-state index contributed by atoms with van der Waals surface area (Å²) in [6.07, 6.45) is 0.925. The Labute approximate surface area is 62.1 Å². The normalized spacial score (nSPS) is 9.30. The second kappa shape index (κ2) is 3.94. The first-order valence-electron chi connectivity index (χ1n) is 3.51. The summed E-state index contributed by atoms with van der Waals surface area (Å²) in [5.41, 5.74) is 1.17. The van der Waals surface area contributed by atoms with Crippen LogP contribution in [0.25, 0.3) is 0 Å². The number of nitrogens with one attached hydrogen (secondary N) is 1. The molecule has 0 unspecified atom stereocenters. The van der Waals surface area contributed by atoms with E-state index in [1.165, 1.54) is 5.69 Å². The molecule has 0 amide bonds. The van der Waals surface area contributed by atoms with Gasteiger partial charge in [0.1, 0.15) is 0 Å². The molecule has 0 aliphatic heterocycles. The number of hydrogen-bond donors (Lipinski definition) is 1. The smallest absolute Gasteiger partial charge is 0.0340 e. The maximum absolute atomic E-state index is 3.74. The van der Waals surface area contributed by atoms with Crippen molar-refractivity contribution in [2.45, 2.75) is 6.42 Å². The molecule has 1 N–H and O–H groups in total. The van der Waals surface area contributed by atoms with Crippen molar-refractivity contribution in [2.24, 2.45) is 0 Å². The van der Waals surface area contributed by atoms with Crippen molar-refractivity contribution in [1.82, 2.24) is 0 Å². The third-order valence-electron chi connectivity index (χ3n) is 1.28. The standard InChI is InChI=1S/C9H12N/c1-2-8-10-9-6-4-3-5-7-9/h3-7,10H,1-2,8H2. The second-order valence-electron chi connectivity index (χ2n) is 2.15. The van der Waals surface area contributed by atoms with Gasteiger partial charge in [0.15, 0.2) is 0 Å². The van der Waals surface area contributed by atoms with Crippen molar-refractivity contribution >= 4 is 5.69 Å². The average Bonchev–Trinajstić information content (AvgIpc) is 2.03. The lowest BCUT2D eigenvalue weighted by Gasteiger charge is -2.01. The van der Waals surface area contributed by atoms with E-state index in [2.05, 4.69) is 24.4 Å². The Bertz CT molecular complexity index is 169. The van der Waals surface area contributed by atoms with E-state index in [4.69, 9.17) is 0 Å². The highest BCUT2D eigenvalue weighted by Gasteiger charge is 1.84. The molecular weight excluding hydrogens is 122 g/mol. The van der Waals surface area contributed by atoms with Crippen molar-refractivity contribution < 1.29 is 0 Å². The van der Waals surface area contributed by atoms with E-state index >= 15 is 0 Å². The molecule has 0 aliphatic rings. The lowest BCUT2D eigenvalue weighted by atomic mass is 10.3. The quantitative estimate of drug-likeness (QED) is 0.669. The van der Waals surface area contributed by atoms with Gasteiger partial charge in [-0.15, -0.1) is 0 Å². The molecule has 53 valence electrons. The van der Waals surface area contributed by atoms with Crippen LogP contribution in [-0.2, 0) is 0 Å². The molecule has 1 aromatic rings. The topological polar surface area (TPSA) is 12.0 Å². The van der Waals surface area contributed by atoms with E-state index in [9.17, 15) is 0 Å². The fourth-order valence-electron chi connectivity index (χ4n) is 0.789. The molecule has 0 saturated carbocycles. The summed E-state index contributed by atoms with van der Waals surface area (Å²) in [5, 5.41) is 3.23. The van der Waals surface area contributed by atoms with Gasteiger partial charge in [-0.3, -0.25) is 0 Å². The first kappa shape index (κ1) is 7.13. The van der Waals surface area contributed by atoms with Crippen LogP contribution in [0.4, 0.5) is 5.69 Å². The van der Waals surface area contributed by atoms with Crippen molar-refractivity contribution in [1.29, 1.82) is 0 Å². The molecule has 10 heavy (non-hydrogen) atoms. The number of para-hydroxylation sites is 1. The van der Waals surface area contributed by atoms with Crippen LogP contribution in [0.5, 0.6) is 0 Å². The van der Waals surface area contributed by atoms with Crippen molar-refractivity contribution in [3.63, 3.8) is 0 Å². The molecule has 0 aromatic heterocycles. The van der Waals surface area contributed by atoms with Gasteiger partial charge in [0.05, 0.1) is 0 Å². The summed E-state index contributed by atoms with van der Waals surface area (Å²) in [4.78, 5) is 0. The molecular formula is C9H12N. The van der Waals surface area contributed by atoms with Crippen LogP contribution in [0, 0.1) is 6.92 Å². The summed E-state index contributed by atoms with van der Waals surface area (Å²) in [6, 6.07) is 10.2. The van der Waals surface area contributed by atoms with Gasteiger partial charge in [0.2, 0.25) is 0 Å². The minimum absolute atomic E-state index is 0.925. The summed E-state index contributed by atoms with van der Waals surface area (Å²) in [6.45, 7) is 4.69. The lowest BCUT2D eigenvalue weighted by molar-refractivity contribution is 1.07. The molecule has 0 saturated heterocycles. The first-order valence-corrected chi connectivity index (χ1v) is 3.51. The van der Waals surface area contributed by atoms with Gasteiger partial charge in [-0.25, -0.2) is 0 Å². The highest BCUT2D eigenvalue weighted by Crippen LogP contribution is 2.03. The minimum atomic E-state index is 0.925. The summed E-state index contributed by atoms with van der Waals surface area (Å²) >= 11 is 0. The van der Waals surface area contributed by atoms with Crippen LogP contribution in [-0.4, -0.2) is 6.54 Å². The first-order chi connectivity index (χ1) is 4.93. The van der Waals surface area contributed by atoms with E-state index in [0.29, 0.717) is 0 Å². The SMILES string of the molecule is [CH2]CCNc1ccccc1. The third kappa shape index (κ3) is 2.09. The molecule has 1 nitrogen and oxygen atoms in total. The van der Waals surface area contributed by atoms with Crippen molar-refractivity contribution in [3.8, 4) is 0 Å². The lowest BCUT2D eigenvalue weighted by Crippen LogP contribution is -1.98. The molecule has 1 radical (unpaired) electrons. The minimum Gasteiger partial charge on any atom is -0.385 e. The molecule has 0 spiro atoms. The largest absolute Gasteiger partial charge is 0.385 e. The van der Waals surface area contributed by atoms with Crippen molar-refractivity contribution in [2.75, 3.05) is 11.9 Å². The number of anilines is 1. The Morgan fingerprint density at radius 1 is 1.20 bits per heavy atom. The van der Waals surface area contributed by atoms with Gasteiger partial charge in [-0.2, -0.15) is 0 Å². The van der Waals surface area contributed by atoms with Gasteiger partial charge in [-0.1, -0.05) is 25.1 Å². The number of hydrogen-bond acceptors (Lipinski definition) is 1. The van der Waals surface area contributed by atoms with Crippen LogP contribution in [0.1, 0.15) is 6.42 Å². The van der Waals surface area contributed by atoms with Crippen LogP contribution in [0.2, 0.25) is 0 Å². The van der Waals surface area contributed by atoms with Crippen LogP contribution in [0.15, 0.2) is 30.3 Å². The highest BCUT2D eigenvalue weighted by molar-refractivity contribution is 5.42. The fourth-order valence-corrected chi connectivity index (χ4v) is 0.789. The Morgan fingerprint density at radius 2 is 1.90 bits per heavy atom. The molecule has 1 rings (SSSR count). The van der Waals surface area contributed by atoms with Gasteiger partial charge < -0.3 is 5.32 Å². The van der Waals surface area contributed by atoms with Crippen LogP contribution < -0.4 is 5.32 Å². The molecule has 0 aliphatic carbocycles. The van der Waals surface area contributed by atoms with E-state index in [-0.39, 0.29) is 0 Å². The molecule has 0 fully saturated rings. The Kier molecular flexibility index (Phi) is 2.81. The van der Waals surface area contributed by atoms with Crippen LogP contribution >= 0.6 is 0 Å². The fraction of sp³-hybridized carbons (Fsp3) is 0.222. The molecule has 0 heterocycles. The maximum Gasteiger partial charge on any atom is 0.0340 e. The van der Waals surface area contributed by atoms with Gasteiger partial charge in [0, 0.05) is 12.2 Å². The van der Waals surface area contributed by atoms with Gasteiger partial charge in [0.25, 0.3) is 0 Å². The predicted molar refractivity (Wildman–Crippen MR) is 44.9 cm³/mol. The monoisotopic (exact) mass is 134 g/mol. The second-order valence-corrected chi connectivity index (χ2v) is 2.15. The van der Waals surface area contributed by atoms with E-state index in [0.717, 1.165) is 13.0 Å². The number of benzene rings is 1. The van der Waals surface area contributed by atoms with E-state index in [1.807, 2.05) is 18.2 Å². The van der Waals surface area contributed by atoms with E-state index < -0.39 is 0 Å². The van der Waals surface area contributed by atoms with Crippen LogP contribution in [0.3, 0.4) is 0 Å². The Hall–Kier alpha value is -0.980. The van der Waals surface area contributed by atoms with Gasteiger partial charge >= 0.3 is 0 Å². The predicted octanol–water partition coefficient (Wildman–Crippen LogP) is 2.32. The third-order valence-corrected chi connectivity index (χ3v) is 1.28. The zero-order chi connectivity index (χ0) is 7.23. The highest BCUT2D eigenvalue weighted by atomic mass is 14.9. The van der Waals surface area contributed by atoms with Crippen molar-refractivity contribution in [3.05, 3.63) is 37.3 Å². The molecule has 0 atom stereocenters. The molecule has 1 heteroatoms. The summed E-state index contributed by atoms with van der Waals surface area (Å²) < 4.78 is 0. The zero-order valence-electron chi connectivity index (χ0n) is 6.01.